The molecule has 1 fully saturated rings. The molecule has 1 aliphatic rings. The summed E-state index contributed by atoms with van der Waals surface area (Å²) in [5.74, 6) is 0.801. The second-order valence-electron chi connectivity index (χ2n) is 5.26. The summed E-state index contributed by atoms with van der Waals surface area (Å²) in [6.07, 6.45) is 1.31. The van der Waals surface area contributed by atoms with Gasteiger partial charge in [-0.2, -0.15) is 0 Å². The van der Waals surface area contributed by atoms with Gasteiger partial charge in [0.1, 0.15) is 0 Å². The molecular weight excluding hydrogens is 222 g/mol. The molecule has 0 spiro atoms. The minimum absolute atomic E-state index is 0.801. The Morgan fingerprint density at radius 3 is 3.06 bits per heavy atom. The quantitative estimate of drug-likeness (QED) is 0.770. The third-order valence-corrected chi connectivity index (χ3v) is 3.92. The monoisotopic (exact) mass is 243 g/mol. The number of aromatic nitrogens is 1. The van der Waals surface area contributed by atoms with Gasteiger partial charge in [0.05, 0.1) is 0 Å². The molecule has 0 saturated carbocycles. The van der Waals surface area contributed by atoms with E-state index in [9.17, 15) is 0 Å². The molecule has 1 aromatic heterocycles. The van der Waals surface area contributed by atoms with Crippen LogP contribution in [-0.4, -0.2) is 24.6 Å². The molecule has 0 bridgehead atoms. The minimum atomic E-state index is 0.801. The van der Waals surface area contributed by atoms with Crippen LogP contribution < -0.4 is 10.6 Å². The number of aryl methyl sites for hydroxylation is 1. The van der Waals surface area contributed by atoms with Crippen molar-refractivity contribution in [2.75, 3.05) is 19.6 Å². The SMILES string of the molecule is Cc1[nH]c2ccccc2c1CNCC1CCNC1. The summed E-state index contributed by atoms with van der Waals surface area (Å²) in [6.45, 7) is 6.59. The fourth-order valence-electron chi connectivity index (χ4n) is 2.85. The van der Waals surface area contributed by atoms with E-state index in [1.165, 1.54) is 41.7 Å². The smallest absolute Gasteiger partial charge is 0.0459 e. The topological polar surface area (TPSA) is 39.9 Å². The lowest BCUT2D eigenvalue weighted by atomic mass is 10.1. The number of aromatic amines is 1. The molecule has 2 aromatic rings. The number of nitrogens with one attached hydrogen (secondary N) is 3. The number of benzene rings is 1. The van der Waals surface area contributed by atoms with Crippen LogP contribution in [0, 0.1) is 12.8 Å². The van der Waals surface area contributed by atoms with Gasteiger partial charge in [0, 0.05) is 23.1 Å². The van der Waals surface area contributed by atoms with Crippen LogP contribution in [0.4, 0.5) is 0 Å². The van der Waals surface area contributed by atoms with Crippen LogP contribution in [0.25, 0.3) is 10.9 Å². The normalized spacial score (nSPS) is 19.7. The number of para-hydroxylation sites is 1. The summed E-state index contributed by atoms with van der Waals surface area (Å²) in [5.41, 5.74) is 3.94. The zero-order chi connectivity index (χ0) is 12.4. The summed E-state index contributed by atoms with van der Waals surface area (Å²) < 4.78 is 0. The predicted octanol–water partition coefficient (Wildman–Crippen LogP) is 2.18. The van der Waals surface area contributed by atoms with Crippen molar-refractivity contribution in [3.8, 4) is 0 Å². The van der Waals surface area contributed by atoms with E-state index in [4.69, 9.17) is 0 Å². The number of rotatable bonds is 4. The zero-order valence-corrected chi connectivity index (χ0v) is 10.9. The van der Waals surface area contributed by atoms with Crippen LogP contribution in [0.15, 0.2) is 24.3 Å². The number of fused-ring (bicyclic) bond motifs is 1. The molecule has 2 heterocycles. The van der Waals surface area contributed by atoms with Gasteiger partial charge >= 0.3 is 0 Å². The van der Waals surface area contributed by atoms with Gasteiger partial charge in [-0.3, -0.25) is 0 Å². The summed E-state index contributed by atoms with van der Waals surface area (Å²) in [6, 6.07) is 8.54. The van der Waals surface area contributed by atoms with Gasteiger partial charge in [-0.15, -0.1) is 0 Å². The first kappa shape index (κ1) is 11.8. The number of hydrogen-bond acceptors (Lipinski definition) is 2. The van der Waals surface area contributed by atoms with Crippen LogP contribution >= 0.6 is 0 Å². The first-order chi connectivity index (χ1) is 8.84. The van der Waals surface area contributed by atoms with Crippen molar-refractivity contribution in [3.63, 3.8) is 0 Å². The van der Waals surface area contributed by atoms with E-state index in [-0.39, 0.29) is 0 Å². The Kier molecular flexibility index (Phi) is 3.35. The second-order valence-corrected chi connectivity index (χ2v) is 5.26. The van der Waals surface area contributed by atoms with E-state index in [2.05, 4.69) is 46.8 Å². The lowest BCUT2D eigenvalue weighted by Gasteiger charge is -2.10. The molecule has 3 rings (SSSR count). The molecule has 1 aliphatic heterocycles. The highest BCUT2D eigenvalue weighted by Crippen LogP contribution is 2.21. The Balaban J connectivity index is 1.68. The molecule has 1 unspecified atom stereocenters. The molecule has 0 radical (unpaired) electrons. The third kappa shape index (κ3) is 2.28. The van der Waals surface area contributed by atoms with E-state index in [1.807, 2.05) is 0 Å². The average Bonchev–Trinajstić information content (AvgIpc) is 2.98. The summed E-state index contributed by atoms with van der Waals surface area (Å²) in [4.78, 5) is 3.45. The largest absolute Gasteiger partial charge is 0.358 e. The predicted molar refractivity (Wildman–Crippen MR) is 75.7 cm³/mol. The second kappa shape index (κ2) is 5.12. The first-order valence-corrected chi connectivity index (χ1v) is 6.82. The van der Waals surface area contributed by atoms with Crippen LogP contribution in [0.3, 0.4) is 0 Å². The van der Waals surface area contributed by atoms with Gasteiger partial charge in [-0.05, 0) is 50.5 Å². The van der Waals surface area contributed by atoms with Gasteiger partial charge in [0.2, 0.25) is 0 Å². The standard InChI is InChI=1S/C15H21N3/c1-11-14(10-17-9-12-6-7-16-8-12)13-4-2-3-5-15(13)18-11/h2-5,12,16-18H,6-10H2,1H3. The summed E-state index contributed by atoms with van der Waals surface area (Å²) in [5, 5.41) is 8.37. The Bertz CT molecular complexity index is 524. The van der Waals surface area contributed by atoms with Crippen molar-refractivity contribution in [3.05, 3.63) is 35.5 Å². The van der Waals surface area contributed by atoms with Crippen molar-refractivity contribution in [1.82, 2.24) is 15.6 Å². The third-order valence-electron chi connectivity index (χ3n) is 3.92. The fourth-order valence-corrected chi connectivity index (χ4v) is 2.85. The maximum absolute atomic E-state index is 3.60. The molecule has 1 aromatic carbocycles. The lowest BCUT2D eigenvalue weighted by molar-refractivity contribution is 0.513. The van der Waals surface area contributed by atoms with Crippen LogP contribution in [0.2, 0.25) is 0 Å². The van der Waals surface area contributed by atoms with Crippen LogP contribution in [0.5, 0.6) is 0 Å². The molecule has 96 valence electrons. The van der Waals surface area contributed by atoms with Crippen molar-refractivity contribution in [2.24, 2.45) is 5.92 Å². The number of hydrogen-bond donors (Lipinski definition) is 3. The molecule has 1 saturated heterocycles. The van der Waals surface area contributed by atoms with E-state index in [0.717, 1.165) is 19.0 Å². The van der Waals surface area contributed by atoms with E-state index < -0.39 is 0 Å². The maximum atomic E-state index is 3.60. The summed E-state index contributed by atoms with van der Waals surface area (Å²) in [7, 11) is 0. The molecule has 1 atom stereocenters. The Labute approximate surface area is 108 Å². The van der Waals surface area contributed by atoms with Gasteiger partial charge in [0.25, 0.3) is 0 Å². The van der Waals surface area contributed by atoms with Crippen molar-refractivity contribution < 1.29 is 0 Å². The fraction of sp³-hybridized carbons (Fsp3) is 0.467. The molecular formula is C15H21N3. The lowest BCUT2D eigenvalue weighted by Crippen LogP contribution is -2.24. The Hall–Kier alpha value is -1.32. The van der Waals surface area contributed by atoms with Crippen molar-refractivity contribution >= 4 is 10.9 Å². The average molecular weight is 243 g/mol. The zero-order valence-electron chi connectivity index (χ0n) is 10.9. The molecule has 0 amide bonds. The molecule has 3 heteroatoms. The van der Waals surface area contributed by atoms with E-state index >= 15 is 0 Å². The van der Waals surface area contributed by atoms with Crippen molar-refractivity contribution in [1.29, 1.82) is 0 Å². The van der Waals surface area contributed by atoms with Gasteiger partial charge in [-0.1, -0.05) is 18.2 Å². The Morgan fingerprint density at radius 2 is 2.22 bits per heavy atom. The van der Waals surface area contributed by atoms with Crippen LogP contribution in [0.1, 0.15) is 17.7 Å². The van der Waals surface area contributed by atoms with Gasteiger partial charge < -0.3 is 15.6 Å². The number of H-pyrrole nitrogens is 1. The highest BCUT2D eigenvalue weighted by Gasteiger charge is 2.14. The molecule has 3 N–H and O–H groups in total. The van der Waals surface area contributed by atoms with Gasteiger partial charge in [-0.25, -0.2) is 0 Å². The van der Waals surface area contributed by atoms with Crippen molar-refractivity contribution in [2.45, 2.75) is 19.9 Å². The van der Waals surface area contributed by atoms with E-state index in [0.29, 0.717) is 0 Å². The van der Waals surface area contributed by atoms with Crippen LogP contribution in [-0.2, 0) is 6.54 Å². The van der Waals surface area contributed by atoms with Gasteiger partial charge in [0.15, 0.2) is 0 Å². The molecule has 0 aliphatic carbocycles. The highest BCUT2D eigenvalue weighted by atomic mass is 14.9. The summed E-state index contributed by atoms with van der Waals surface area (Å²) >= 11 is 0. The Morgan fingerprint density at radius 1 is 1.33 bits per heavy atom. The molecule has 18 heavy (non-hydrogen) atoms. The first-order valence-electron chi connectivity index (χ1n) is 6.82. The maximum Gasteiger partial charge on any atom is 0.0459 e. The highest BCUT2D eigenvalue weighted by molar-refractivity contribution is 5.84. The minimum Gasteiger partial charge on any atom is -0.358 e. The molecule has 3 nitrogen and oxygen atoms in total. The van der Waals surface area contributed by atoms with E-state index in [1.54, 1.807) is 0 Å².